The third-order valence-corrected chi connectivity index (χ3v) is 2.85. The number of hydrogen-bond donors (Lipinski definition) is 0. The summed E-state index contributed by atoms with van der Waals surface area (Å²) in [4.78, 5) is 20.0. The predicted molar refractivity (Wildman–Crippen MR) is 73.7 cm³/mol. The molecular formula is C13H7Cl2FN2O2. The first-order chi connectivity index (χ1) is 9.58. The Hall–Kier alpha value is -1.98. The molecule has 4 nitrogen and oxygen atoms in total. The highest BCUT2D eigenvalue weighted by Gasteiger charge is 2.11. The predicted octanol–water partition coefficient (Wildman–Crippen LogP) is 3.72. The monoisotopic (exact) mass is 312 g/mol. The second-order valence-corrected chi connectivity index (χ2v) is 4.39. The van der Waals surface area contributed by atoms with E-state index in [0.29, 0.717) is 5.56 Å². The molecule has 0 saturated carbocycles. The molecule has 7 heteroatoms. The molecule has 2 rings (SSSR count). The fourth-order valence-electron chi connectivity index (χ4n) is 1.32. The van der Waals surface area contributed by atoms with E-state index in [1.165, 1.54) is 36.7 Å². The van der Waals surface area contributed by atoms with Crippen LogP contribution >= 0.6 is 23.2 Å². The van der Waals surface area contributed by atoms with Crippen molar-refractivity contribution >= 4 is 35.4 Å². The third kappa shape index (κ3) is 3.53. The largest absolute Gasteiger partial charge is 0.368 e. The molecule has 0 unspecified atom stereocenters. The topological polar surface area (TPSA) is 51.5 Å². The van der Waals surface area contributed by atoms with Gasteiger partial charge in [-0.2, -0.15) is 0 Å². The Morgan fingerprint density at radius 2 is 2.15 bits per heavy atom. The number of oxime groups is 1. The van der Waals surface area contributed by atoms with Crippen molar-refractivity contribution in [1.29, 1.82) is 0 Å². The second kappa shape index (κ2) is 6.45. The summed E-state index contributed by atoms with van der Waals surface area (Å²) in [5, 5.41) is 3.47. The van der Waals surface area contributed by atoms with Crippen LogP contribution in [-0.2, 0) is 4.84 Å². The fourth-order valence-corrected chi connectivity index (χ4v) is 1.70. The molecule has 0 N–H and O–H groups in total. The molecule has 1 aromatic heterocycles. The number of pyridine rings is 1. The Kier molecular flexibility index (Phi) is 4.65. The van der Waals surface area contributed by atoms with Crippen LogP contribution in [0.15, 0.2) is 41.7 Å². The van der Waals surface area contributed by atoms with E-state index in [2.05, 4.69) is 15.0 Å². The average molecular weight is 313 g/mol. The summed E-state index contributed by atoms with van der Waals surface area (Å²) in [6, 6.07) is 6.98. The van der Waals surface area contributed by atoms with Crippen LogP contribution in [0.2, 0.25) is 10.2 Å². The Morgan fingerprint density at radius 1 is 1.35 bits per heavy atom. The lowest BCUT2D eigenvalue weighted by molar-refractivity contribution is 0.0519. The van der Waals surface area contributed by atoms with Crippen molar-refractivity contribution in [3.05, 3.63) is 63.6 Å². The van der Waals surface area contributed by atoms with Crippen molar-refractivity contribution in [3.63, 3.8) is 0 Å². The summed E-state index contributed by atoms with van der Waals surface area (Å²) >= 11 is 11.3. The molecule has 0 bridgehead atoms. The van der Waals surface area contributed by atoms with E-state index >= 15 is 0 Å². The molecule has 20 heavy (non-hydrogen) atoms. The lowest BCUT2D eigenvalue weighted by atomic mass is 10.2. The fraction of sp³-hybridized carbons (Fsp3) is 0. The van der Waals surface area contributed by atoms with Gasteiger partial charge in [-0.05, 0) is 29.8 Å². The minimum atomic E-state index is -0.743. The van der Waals surface area contributed by atoms with E-state index < -0.39 is 11.8 Å². The van der Waals surface area contributed by atoms with Crippen molar-refractivity contribution in [2.45, 2.75) is 0 Å². The summed E-state index contributed by atoms with van der Waals surface area (Å²) in [5.74, 6) is -1.28. The molecule has 0 atom stereocenters. The molecule has 0 saturated heterocycles. The molecule has 102 valence electrons. The molecule has 0 radical (unpaired) electrons. The summed E-state index contributed by atoms with van der Waals surface area (Å²) in [6.45, 7) is 0. The van der Waals surface area contributed by atoms with Crippen LogP contribution in [0.1, 0.15) is 15.9 Å². The van der Waals surface area contributed by atoms with Crippen molar-refractivity contribution in [1.82, 2.24) is 4.98 Å². The summed E-state index contributed by atoms with van der Waals surface area (Å²) in [5.41, 5.74) is 0.588. The number of carbonyl (C=O) groups is 1. The van der Waals surface area contributed by atoms with Crippen molar-refractivity contribution in [2.24, 2.45) is 5.16 Å². The van der Waals surface area contributed by atoms with Gasteiger partial charge in [0.1, 0.15) is 11.0 Å². The number of hydrogen-bond acceptors (Lipinski definition) is 4. The molecule has 0 spiro atoms. The molecule has 0 amide bonds. The van der Waals surface area contributed by atoms with Gasteiger partial charge < -0.3 is 4.84 Å². The quantitative estimate of drug-likeness (QED) is 0.375. The van der Waals surface area contributed by atoms with Crippen LogP contribution in [0.25, 0.3) is 0 Å². The SMILES string of the molecule is O=C(ON=Cc1ccc(F)c(Cl)c1)c1cccnc1Cl. The van der Waals surface area contributed by atoms with Crippen LogP contribution in [-0.4, -0.2) is 17.2 Å². The van der Waals surface area contributed by atoms with Crippen LogP contribution in [0.5, 0.6) is 0 Å². The standard InChI is InChI=1S/C13H7Cl2FN2O2/c14-10-6-8(3-4-11(10)16)7-18-20-13(19)9-2-1-5-17-12(9)15/h1-7H. The number of carbonyl (C=O) groups excluding carboxylic acids is 1. The highest BCUT2D eigenvalue weighted by atomic mass is 35.5. The van der Waals surface area contributed by atoms with E-state index in [9.17, 15) is 9.18 Å². The second-order valence-electron chi connectivity index (χ2n) is 3.63. The number of rotatable bonds is 3. The van der Waals surface area contributed by atoms with Gasteiger partial charge in [0.15, 0.2) is 0 Å². The number of aromatic nitrogens is 1. The summed E-state index contributed by atoms with van der Waals surface area (Å²) < 4.78 is 12.9. The van der Waals surface area contributed by atoms with Gasteiger partial charge in [-0.3, -0.25) is 0 Å². The maximum absolute atomic E-state index is 12.9. The number of nitrogens with zero attached hydrogens (tertiary/aromatic N) is 2. The van der Waals surface area contributed by atoms with Crippen molar-refractivity contribution in [2.75, 3.05) is 0 Å². The smallest absolute Gasteiger partial charge is 0.313 e. The molecule has 2 aromatic rings. The number of halogens is 3. The molecular weight excluding hydrogens is 306 g/mol. The normalized spacial score (nSPS) is 10.8. The third-order valence-electron chi connectivity index (χ3n) is 2.26. The van der Waals surface area contributed by atoms with Gasteiger partial charge in [0, 0.05) is 6.20 Å². The van der Waals surface area contributed by atoms with Crippen molar-refractivity contribution < 1.29 is 14.0 Å². The average Bonchev–Trinajstić information content (AvgIpc) is 2.43. The van der Waals surface area contributed by atoms with Crippen molar-refractivity contribution in [3.8, 4) is 0 Å². The molecule has 0 aliphatic heterocycles. The van der Waals surface area contributed by atoms with E-state index in [1.807, 2.05) is 0 Å². The maximum atomic E-state index is 12.9. The molecule has 0 fully saturated rings. The first-order valence-electron chi connectivity index (χ1n) is 5.38. The minimum absolute atomic E-state index is 0.0255. The van der Waals surface area contributed by atoms with Gasteiger partial charge in [-0.1, -0.05) is 34.4 Å². The van der Waals surface area contributed by atoms with E-state index in [1.54, 1.807) is 6.07 Å². The van der Waals surface area contributed by atoms with Crippen LogP contribution in [0.3, 0.4) is 0 Å². The Labute approximate surface area is 123 Å². The molecule has 1 aromatic carbocycles. The first-order valence-corrected chi connectivity index (χ1v) is 6.14. The lowest BCUT2D eigenvalue weighted by Crippen LogP contribution is -2.02. The lowest BCUT2D eigenvalue weighted by Gasteiger charge is -1.99. The highest BCUT2D eigenvalue weighted by molar-refractivity contribution is 6.32. The first kappa shape index (κ1) is 14.4. The van der Waals surface area contributed by atoms with E-state index in [4.69, 9.17) is 23.2 Å². The minimum Gasteiger partial charge on any atom is -0.313 e. The molecule has 0 aliphatic rings. The summed E-state index contributed by atoms with van der Waals surface area (Å²) in [6.07, 6.45) is 2.68. The van der Waals surface area contributed by atoms with E-state index in [0.717, 1.165) is 0 Å². The number of benzene rings is 1. The summed E-state index contributed by atoms with van der Waals surface area (Å²) in [7, 11) is 0. The Balaban J connectivity index is 2.05. The van der Waals surface area contributed by atoms with E-state index in [-0.39, 0.29) is 15.7 Å². The van der Waals surface area contributed by atoms with Gasteiger partial charge in [0.2, 0.25) is 0 Å². The van der Waals surface area contributed by atoms with Crippen LogP contribution < -0.4 is 0 Å². The van der Waals surface area contributed by atoms with Gasteiger partial charge in [-0.25, -0.2) is 14.2 Å². The van der Waals surface area contributed by atoms with Crippen LogP contribution in [0.4, 0.5) is 4.39 Å². The van der Waals surface area contributed by atoms with Crippen LogP contribution in [0, 0.1) is 5.82 Å². The van der Waals surface area contributed by atoms with Gasteiger partial charge >= 0.3 is 5.97 Å². The van der Waals surface area contributed by atoms with Gasteiger partial charge in [-0.15, -0.1) is 0 Å². The zero-order chi connectivity index (χ0) is 14.5. The Bertz CT molecular complexity index is 677. The zero-order valence-corrected chi connectivity index (χ0v) is 11.4. The molecule has 1 heterocycles. The highest BCUT2D eigenvalue weighted by Crippen LogP contribution is 2.15. The van der Waals surface area contributed by atoms with Gasteiger partial charge in [0.25, 0.3) is 0 Å². The van der Waals surface area contributed by atoms with Gasteiger partial charge in [0.05, 0.1) is 16.8 Å². The Morgan fingerprint density at radius 3 is 2.85 bits per heavy atom. The molecule has 0 aliphatic carbocycles. The maximum Gasteiger partial charge on any atom is 0.368 e. The zero-order valence-electron chi connectivity index (χ0n) is 9.89.